The second kappa shape index (κ2) is 3.92. The third-order valence-electron chi connectivity index (χ3n) is 2.71. The van der Waals surface area contributed by atoms with Gasteiger partial charge in [0.05, 0.1) is 6.10 Å². The summed E-state index contributed by atoms with van der Waals surface area (Å²) in [7, 11) is 0. The molecule has 1 aliphatic carbocycles. The smallest absolute Gasteiger partial charge is 0.133 e. The summed E-state index contributed by atoms with van der Waals surface area (Å²) in [6.45, 7) is 0. The first-order valence-electron chi connectivity index (χ1n) is 5.02. The van der Waals surface area contributed by atoms with Crippen LogP contribution in [0.2, 0.25) is 0 Å². The topological polar surface area (TPSA) is 72.0 Å². The van der Waals surface area contributed by atoms with E-state index >= 15 is 0 Å². The summed E-state index contributed by atoms with van der Waals surface area (Å²) in [6.07, 6.45) is 5.25. The molecule has 4 heteroatoms. The molecule has 0 amide bonds. The molecular formula is C10H15N3O. The molecule has 1 fully saturated rings. The molecule has 0 spiro atoms. The molecule has 1 heterocycles. The van der Waals surface area contributed by atoms with Crippen molar-refractivity contribution in [1.29, 1.82) is 0 Å². The molecule has 3 N–H and O–H groups in total. The Kier molecular flexibility index (Phi) is 2.63. The summed E-state index contributed by atoms with van der Waals surface area (Å²) in [5.41, 5.74) is 5.59. The van der Waals surface area contributed by atoms with E-state index in [1.165, 1.54) is 0 Å². The van der Waals surface area contributed by atoms with Gasteiger partial charge in [0, 0.05) is 12.1 Å². The Hall–Kier alpha value is -1.16. The van der Waals surface area contributed by atoms with Gasteiger partial charge in [-0.15, -0.1) is 0 Å². The standard InChI is InChI=1S/C10H15N3O/c11-9-4-5-12-10(13-9)7-2-1-3-8(14)6-7/h4-5,7-8,14H,1-3,6H2,(H2,11,12,13). The zero-order chi connectivity index (χ0) is 9.97. The van der Waals surface area contributed by atoms with Crippen LogP contribution in [0.4, 0.5) is 5.82 Å². The predicted molar refractivity (Wildman–Crippen MR) is 53.7 cm³/mol. The van der Waals surface area contributed by atoms with Crippen LogP contribution >= 0.6 is 0 Å². The van der Waals surface area contributed by atoms with E-state index in [2.05, 4.69) is 9.97 Å². The molecule has 0 saturated heterocycles. The van der Waals surface area contributed by atoms with Gasteiger partial charge in [0.15, 0.2) is 0 Å². The molecule has 4 nitrogen and oxygen atoms in total. The molecule has 2 unspecified atom stereocenters. The van der Waals surface area contributed by atoms with Crippen LogP contribution in [0.15, 0.2) is 12.3 Å². The minimum Gasteiger partial charge on any atom is -0.393 e. The zero-order valence-corrected chi connectivity index (χ0v) is 8.06. The van der Waals surface area contributed by atoms with E-state index in [-0.39, 0.29) is 12.0 Å². The number of hydrogen-bond donors (Lipinski definition) is 2. The number of aliphatic hydroxyl groups excluding tert-OH is 1. The molecule has 76 valence electrons. The number of anilines is 1. The molecule has 2 atom stereocenters. The van der Waals surface area contributed by atoms with Crippen LogP contribution in [-0.2, 0) is 0 Å². The van der Waals surface area contributed by atoms with E-state index in [0.717, 1.165) is 31.5 Å². The summed E-state index contributed by atoms with van der Waals surface area (Å²) in [4.78, 5) is 8.38. The van der Waals surface area contributed by atoms with Gasteiger partial charge in [-0.3, -0.25) is 0 Å². The molecule has 0 aromatic carbocycles. The number of nitrogens with zero attached hydrogens (tertiary/aromatic N) is 2. The Morgan fingerprint density at radius 3 is 3.00 bits per heavy atom. The fourth-order valence-electron chi connectivity index (χ4n) is 1.98. The van der Waals surface area contributed by atoms with Crippen LogP contribution in [0.25, 0.3) is 0 Å². The van der Waals surface area contributed by atoms with E-state index in [1.54, 1.807) is 12.3 Å². The van der Waals surface area contributed by atoms with E-state index in [1.807, 2.05) is 0 Å². The molecule has 0 radical (unpaired) electrons. The maximum Gasteiger partial charge on any atom is 0.133 e. The number of nitrogen functional groups attached to an aromatic ring is 1. The maximum absolute atomic E-state index is 9.52. The average Bonchev–Trinajstić information content (AvgIpc) is 2.18. The molecule has 1 aromatic rings. The van der Waals surface area contributed by atoms with E-state index in [0.29, 0.717) is 5.82 Å². The lowest BCUT2D eigenvalue weighted by Crippen LogP contribution is -2.19. The van der Waals surface area contributed by atoms with Gasteiger partial charge in [-0.25, -0.2) is 9.97 Å². The highest BCUT2D eigenvalue weighted by Gasteiger charge is 2.23. The summed E-state index contributed by atoms with van der Waals surface area (Å²) in [6, 6.07) is 1.68. The highest BCUT2D eigenvalue weighted by atomic mass is 16.3. The normalized spacial score (nSPS) is 27.5. The fraction of sp³-hybridized carbons (Fsp3) is 0.600. The molecule has 14 heavy (non-hydrogen) atoms. The molecule has 0 bridgehead atoms. The van der Waals surface area contributed by atoms with Crippen molar-refractivity contribution in [1.82, 2.24) is 9.97 Å². The van der Waals surface area contributed by atoms with Crippen LogP contribution in [0.1, 0.15) is 37.4 Å². The summed E-state index contributed by atoms with van der Waals surface area (Å²) in [5.74, 6) is 1.57. The number of nitrogens with two attached hydrogens (primary N) is 1. The minimum atomic E-state index is -0.196. The lowest BCUT2D eigenvalue weighted by Gasteiger charge is -2.24. The van der Waals surface area contributed by atoms with Gasteiger partial charge in [-0.2, -0.15) is 0 Å². The molecule has 1 aliphatic rings. The molecular weight excluding hydrogens is 178 g/mol. The van der Waals surface area contributed by atoms with Crippen molar-refractivity contribution in [2.75, 3.05) is 5.73 Å². The van der Waals surface area contributed by atoms with Crippen molar-refractivity contribution >= 4 is 5.82 Å². The quantitative estimate of drug-likeness (QED) is 0.700. The monoisotopic (exact) mass is 193 g/mol. The molecule has 1 saturated carbocycles. The van der Waals surface area contributed by atoms with Gasteiger partial charge in [-0.1, -0.05) is 6.42 Å². The number of hydrogen-bond acceptors (Lipinski definition) is 4. The lowest BCUT2D eigenvalue weighted by atomic mass is 9.87. The molecule has 0 aliphatic heterocycles. The maximum atomic E-state index is 9.52. The van der Waals surface area contributed by atoms with Gasteiger partial charge in [0.2, 0.25) is 0 Å². The average molecular weight is 193 g/mol. The van der Waals surface area contributed by atoms with Gasteiger partial charge in [-0.05, 0) is 25.3 Å². The van der Waals surface area contributed by atoms with Gasteiger partial charge >= 0.3 is 0 Å². The zero-order valence-electron chi connectivity index (χ0n) is 8.06. The third-order valence-corrected chi connectivity index (χ3v) is 2.71. The Morgan fingerprint density at radius 1 is 1.43 bits per heavy atom. The SMILES string of the molecule is Nc1ccnc(C2CCCC(O)C2)n1. The van der Waals surface area contributed by atoms with Gasteiger partial charge < -0.3 is 10.8 Å². The Bertz CT molecular complexity index is 316. The summed E-state index contributed by atoms with van der Waals surface area (Å²) in [5, 5.41) is 9.52. The number of rotatable bonds is 1. The second-order valence-electron chi connectivity index (χ2n) is 3.86. The Labute approximate surface area is 83.2 Å². The minimum absolute atomic E-state index is 0.196. The van der Waals surface area contributed by atoms with Crippen molar-refractivity contribution in [3.63, 3.8) is 0 Å². The Balaban J connectivity index is 2.14. The van der Waals surface area contributed by atoms with Crippen molar-refractivity contribution < 1.29 is 5.11 Å². The summed E-state index contributed by atoms with van der Waals surface area (Å²) < 4.78 is 0. The van der Waals surface area contributed by atoms with Crippen molar-refractivity contribution in [3.05, 3.63) is 18.1 Å². The van der Waals surface area contributed by atoms with Crippen LogP contribution in [0.5, 0.6) is 0 Å². The van der Waals surface area contributed by atoms with Crippen LogP contribution in [-0.4, -0.2) is 21.2 Å². The van der Waals surface area contributed by atoms with Crippen LogP contribution in [0, 0.1) is 0 Å². The van der Waals surface area contributed by atoms with E-state index in [4.69, 9.17) is 5.73 Å². The first kappa shape index (κ1) is 9.40. The third kappa shape index (κ3) is 2.01. The largest absolute Gasteiger partial charge is 0.393 e. The van der Waals surface area contributed by atoms with Gasteiger partial charge in [0.1, 0.15) is 11.6 Å². The lowest BCUT2D eigenvalue weighted by molar-refractivity contribution is 0.118. The highest BCUT2D eigenvalue weighted by molar-refractivity contribution is 5.26. The predicted octanol–water partition coefficient (Wildman–Crippen LogP) is 1.08. The first-order chi connectivity index (χ1) is 6.75. The van der Waals surface area contributed by atoms with Gasteiger partial charge in [0.25, 0.3) is 0 Å². The second-order valence-corrected chi connectivity index (χ2v) is 3.86. The van der Waals surface area contributed by atoms with Crippen molar-refractivity contribution in [3.8, 4) is 0 Å². The van der Waals surface area contributed by atoms with Crippen LogP contribution < -0.4 is 5.73 Å². The Morgan fingerprint density at radius 2 is 2.29 bits per heavy atom. The summed E-state index contributed by atoms with van der Waals surface area (Å²) >= 11 is 0. The molecule has 1 aromatic heterocycles. The van der Waals surface area contributed by atoms with E-state index < -0.39 is 0 Å². The first-order valence-corrected chi connectivity index (χ1v) is 5.02. The fourth-order valence-corrected chi connectivity index (χ4v) is 1.98. The highest BCUT2D eigenvalue weighted by Crippen LogP contribution is 2.30. The number of aliphatic hydroxyl groups is 1. The van der Waals surface area contributed by atoms with Crippen molar-refractivity contribution in [2.24, 2.45) is 0 Å². The van der Waals surface area contributed by atoms with Crippen molar-refractivity contribution in [2.45, 2.75) is 37.7 Å². The molecule has 2 rings (SSSR count). The van der Waals surface area contributed by atoms with E-state index in [9.17, 15) is 5.11 Å². The number of aromatic nitrogens is 2. The van der Waals surface area contributed by atoms with Crippen LogP contribution in [0.3, 0.4) is 0 Å².